The fraction of sp³-hybridized carbons (Fsp3) is 0.417. The third-order valence-electron chi connectivity index (χ3n) is 3.06. The van der Waals surface area contributed by atoms with Crippen LogP contribution in [-0.2, 0) is 0 Å². The Labute approximate surface area is 103 Å². The second-order valence-corrected chi connectivity index (χ2v) is 4.51. The van der Waals surface area contributed by atoms with Gasteiger partial charge in [0.2, 0.25) is 0 Å². The van der Waals surface area contributed by atoms with E-state index in [1.165, 1.54) is 0 Å². The topological polar surface area (TPSA) is 41.9 Å². The molecule has 0 unspecified atom stereocenters. The molecule has 0 aromatic carbocycles. The van der Waals surface area contributed by atoms with Crippen molar-refractivity contribution in [3.8, 4) is 0 Å². The molecule has 4 nitrogen and oxygen atoms in total. The van der Waals surface area contributed by atoms with Gasteiger partial charge >= 0.3 is 0 Å². The predicted molar refractivity (Wildman–Crippen MR) is 63.8 cm³/mol. The first-order valence-electron chi connectivity index (χ1n) is 5.76. The highest BCUT2D eigenvalue weighted by atomic mass is 19.3. The average Bonchev–Trinajstić information content (AvgIpc) is 2.68. The quantitative estimate of drug-likeness (QED) is 0.778. The van der Waals surface area contributed by atoms with Crippen LogP contribution in [0.15, 0.2) is 18.5 Å². The van der Waals surface area contributed by atoms with Gasteiger partial charge in [-0.3, -0.25) is 4.98 Å². The molecule has 6 heteroatoms. The molecule has 0 N–H and O–H groups in total. The van der Waals surface area contributed by atoms with E-state index in [1.807, 2.05) is 0 Å². The van der Waals surface area contributed by atoms with Gasteiger partial charge in [0.1, 0.15) is 11.6 Å². The van der Waals surface area contributed by atoms with Crippen molar-refractivity contribution in [2.24, 2.45) is 0 Å². The Morgan fingerprint density at radius 2 is 2.17 bits per heavy atom. The van der Waals surface area contributed by atoms with Gasteiger partial charge in [-0.1, -0.05) is 0 Å². The molecule has 1 aliphatic rings. The summed E-state index contributed by atoms with van der Waals surface area (Å²) in [5.74, 6) is -1.48. The number of aromatic nitrogens is 3. The minimum atomic E-state index is -2.63. The number of pyridine rings is 1. The molecule has 0 radical (unpaired) electrons. The highest BCUT2D eigenvalue weighted by Gasteiger charge is 2.39. The maximum atomic E-state index is 13.3. The van der Waals surface area contributed by atoms with Gasteiger partial charge < -0.3 is 4.90 Å². The summed E-state index contributed by atoms with van der Waals surface area (Å²) in [5.41, 5.74) is 0.690. The molecule has 1 aliphatic heterocycles. The molecule has 0 atom stereocenters. The van der Waals surface area contributed by atoms with Crippen LogP contribution < -0.4 is 4.90 Å². The van der Waals surface area contributed by atoms with Crippen molar-refractivity contribution in [1.82, 2.24) is 15.0 Å². The zero-order valence-corrected chi connectivity index (χ0v) is 9.90. The third kappa shape index (κ3) is 1.87. The molecule has 0 spiro atoms. The van der Waals surface area contributed by atoms with Gasteiger partial charge in [0, 0.05) is 24.5 Å². The summed E-state index contributed by atoms with van der Waals surface area (Å²) in [6.07, 6.45) is 3.13. The first-order valence-corrected chi connectivity index (χ1v) is 5.76. The molecule has 3 heterocycles. The summed E-state index contributed by atoms with van der Waals surface area (Å²) in [5, 5.41) is 0.772. The van der Waals surface area contributed by atoms with Crippen LogP contribution in [0.5, 0.6) is 0 Å². The summed E-state index contributed by atoms with van der Waals surface area (Å²) < 4.78 is 26.6. The smallest absolute Gasteiger partial charge is 0.266 e. The number of hydrogen-bond acceptors (Lipinski definition) is 4. The highest BCUT2D eigenvalue weighted by molar-refractivity contribution is 5.88. The van der Waals surface area contributed by atoms with Crippen LogP contribution in [0.25, 0.3) is 10.9 Å². The van der Waals surface area contributed by atoms with Crippen LogP contribution >= 0.6 is 0 Å². The van der Waals surface area contributed by atoms with Crippen LogP contribution in [0.1, 0.15) is 12.2 Å². The molecule has 3 rings (SSSR count). The molecule has 1 fully saturated rings. The number of alkyl halides is 2. The van der Waals surface area contributed by atoms with Crippen molar-refractivity contribution in [2.45, 2.75) is 19.3 Å². The Kier molecular flexibility index (Phi) is 2.39. The molecule has 0 amide bonds. The van der Waals surface area contributed by atoms with E-state index in [1.54, 1.807) is 30.3 Å². The van der Waals surface area contributed by atoms with Gasteiger partial charge in [0.25, 0.3) is 5.92 Å². The zero-order chi connectivity index (χ0) is 12.8. The Morgan fingerprint density at radius 1 is 1.33 bits per heavy atom. The molecular weight excluding hydrogens is 238 g/mol. The van der Waals surface area contributed by atoms with Crippen LogP contribution in [0.4, 0.5) is 14.6 Å². The summed E-state index contributed by atoms with van der Waals surface area (Å²) in [6, 6.07) is 1.76. The zero-order valence-electron chi connectivity index (χ0n) is 9.90. The maximum Gasteiger partial charge on any atom is 0.266 e. The van der Waals surface area contributed by atoms with Crippen LogP contribution in [0.2, 0.25) is 0 Å². The number of rotatable bonds is 1. The SMILES string of the molecule is Cc1nc(N2CCC(F)(F)C2)c2ccncc2n1. The van der Waals surface area contributed by atoms with Crippen molar-refractivity contribution in [3.05, 3.63) is 24.3 Å². The standard InChI is InChI=1S/C12H12F2N4/c1-8-16-10-6-15-4-2-9(10)11(17-8)18-5-3-12(13,14)7-18/h2,4,6H,3,5,7H2,1H3. The summed E-state index contributed by atoms with van der Waals surface area (Å²) in [7, 11) is 0. The predicted octanol–water partition coefficient (Wildman–Crippen LogP) is 2.18. The van der Waals surface area contributed by atoms with Crippen molar-refractivity contribution < 1.29 is 8.78 Å². The van der Waals surface area contributed by atoms with E-state index in [0.717, 1.165) is 5.39 Å². The Balaban J connectivity index is 2.11. The molecule has 18 heavy (non-hydrogen) atoms. The first-order chi connectivity index (χ1) is 8.55. The number of fused-ring (bicyclic) bond motifs is 1. The highest BCUT2D eigenvalue weighted by Crippen LogP contribution is 2.32. The van der Waals surface area contributed by atoms with Crippen LogP contribution in [0, 0.1) is 6.92 Å². The van der Waals surface area contributed by atoms with Crippen molar-refractivity contribution in [1.29, 1.82) is 0 Å². The number of hydrogen-bond donors (Lipinski definition) is 0. The fourth-order valence-corrected chi connectivity index (χ4v) is 2.23. The average molecular weight is 250 g/mol. The Hall–Kier alpha value is -1.85. The fourth-order valence-electron chi connectivity index (χ4n) is 2.23. The lowest BCUT2D eigenvalue weighted by atomic mass is 10.2. The lowest BCUT2D eigenvalue weighted by Gasteiger charge is -2.19. The first kappa shape index (κ1) is 11.3. The number of nitrogens with zero attached hydrogens (tertiary/aromatic N) is 4. The molecule has 2 aromatic rings. The van der Waals surface area contributed by atoms with E-state index < -0.39 is 5.92 Å². The van der Waals surface area contributed by atoms with Crippen molar-refractivity contribution in [3.63, 3.8) is 0 Å². The summed E-state index contributed by atoms with van der Waals surface area (Å²) >= 11 is 0. The molecule has 0 aliphatic carbocycles. The second kappa shape index (κ2) is 3.83. The Morgan fingerprint density at radius 3 is 2.89 bits per heavy atom. The molecule has 2 aromatic heterocycles. The molecular formula is C12H12F2N4. The van der Waals surface area contributed by atoms with Crippen LogP contribution in [-0.4, -0.2) is 34.0 Å². The summed E-state index contributed by atoms with van der Waals surface area (Å²) in [4.78, 5) is 14.2. The number of anilines is 1. The Bertz CT molecular complexity index is 600. The normalized spacial score (nSPS) is 18.5. The maximum absolute atomic E-state index is 13.3. The van der Waals surface area contributed by atoms with Crippen LogP contribution in [0.3, 0.4) is 0 Å². The second-order valence-electron chi connectivity index (χ2n) is 4.51. The lowest BCUT2D eigenvalue weighted by molar-refractivity contribution is 0.0257. The molecule has 1 saturated heterocycles. The largest absolute Gasteiger partial charge is 0.350 e. The van der Waals surface area contributed by atoms with Gasteiger partial charge in [0.15, 0.2) is 0 Å². The molecule has 94 valence electrons. The minimum Gasteiger partial charge on any atom is -0.350 e. The summed E-state index contributed by atoms with van der Waals surface area (Å²) in [6.45, 7) is 1.80. The van der Waals surface area contributed by atoms with E-state index in [-0.39, 0.29) is 13.0 Å². The van der Waals surface area contributed by atoms with Gasteiger partial charge in [-0.15, -0.1) is 0 Å². The van der Waals surface area contributed by atoms with Crippen molar-refractivity contribution >= 4 is 16.7 Å². The third-order valence-corrected chi connectivity index (χ3v) is 3.06. The van der Waals surface area contributed by atoms with E-state index in [9.17, 15) is 8.78 Å². The van der Waals surface area contributed by atoms with Gasteiger partial charge in [-0.05, 0) is 13.0 Å². The van der Waals surface area contributed by atoms with Crippen molar-refractivity contribution in [2.75, 3.05) is 18.0 Å². The molecule has 0 bridgehead atoms. The number of aryl methyl sites for hydroxylation is 1. The van der Waals surface area contributed by atoms with Gasteiger partial charge in [0.05, 0.1) is 18.3 Å². The molecule has 0 saturated carbocycles. The number of halogens is 2. The van der Waals surface area contributed by atoms with E-state index in [0.29, 0.717) is 23.7 Å². The monoisotopic (exact) mass is 250 g/mol. The van der Waals surface area contributed by atoms with E-state index in [2.05, 4.69) is 15.0 Å². The lowest BCUT2D eigenvalue weighted by Crippen LogP contribution is -2.26. The van der Waals surface area contributed by atoms with E-state index in [4.69, 9.17) is 0 Å². The van der Waals surface area contributed by atoms with Gasteiger partial charge in [-0.25, -0.2) is 18.7 Å². The minimum absolute atomic E-state index is 0.122. The van der Waals surface area contributed by atoms with Gasteiger partial charge in [-0.2, -0.15) is 0 Å². The van der Waals surface area contributed by atoms with E-state index >= 15 is 0 Å².